The number of carbonyl (C=O) groups excluding carboxylic acids is 1. The van der Waals surface area contributed by atoms with Gasteiger partial charge in [-0.3, -0.25) is 4.79 Å². The first-order chi connectivity index (χ1) is 13.5. The molecule has 2 saturated heterocycles. The van der Waals surface area contributed by atoms with E-state index in [-0.39, 0.29) is 35.5 Å². The molecule has 0 saturated carbocycles. The Morgan fingerprint density at radius 1 is 1.07 bits per heavy atom. The molecule has 0 bridgehead atoms. The summed E-state index contributed by atoms with van der Waals surface area (Å²) in [5.41, 5.74) is 1.23. The predicted molar refractivity (Wildman–Crippen MR) is 107 cm³/mol. The zero-order chi connectivity index (χ0) is 19.3. The van der Waals surface area contributed by atoms with Crippen molar-refractivity contribution < 1.29 is 22.7 Å². The van der Waals surface area contributed by atoms with Crippen LogP contribution in [0.5, 0.6) is 11.5 Å². The zero-order valence-electron chi connectivity index (χ0n) is 14.6. The van der Waals surface area contributed by atoms with Gasteiger partial charge in [-0.05, 0) is 24.3 Å². The summed E-state index contributed by atoms with van der Waals surface area (Å²) >= 11 is 1.35. The van der Waals surface area contributed by atoms with Gasteiger partial charge in [0.05, 0.1) is 17.5 Å². The molecule has 2 atom stereocenters. The van der Waals surface area contributed by atoms with Gasteiger partial charge in [0.2, 0.25) is 6.79 Å². The van der Waals surface area contributed by atoms with Gasteiger partial charge >= 0.3 is 0 Å². The van der Waals surface area contributed by atoms with Gasteiger partial charge in [-0.15, -0.1) is 0 Å². The molecular weight excluding hydrogens is 400 g/mol. The Kier molecular flexibility index (Phi) is 4.09. The average molecular weight is 416 g/mol. The van der Waals surface area contributed by atoms with Crippen molar-refractivity contribution in [3.8, 4) is 11.5 Å². The van der Waals surface area contributed by atoms with Crippen molar-refractivity contribution in [2.45, 2.75) is 11.3 Å². The quantitative estimate of drug-likeness (QED) is 0.743. The van der Waals surface area contributed by atoms with Crippen LogP contribution in [-0.4, -0.2) is 49.1 Å². The lowest BCUT2D eigenvalue weighted by molar-refractivity contribution is 0.100. The van der Waals surface area contributed by atoms with Crippen molar-refractivity contribution >= 4 is 38.4 Å². The van der Waals surface area contributed by atoms with E-state index in [1.807, 2.05) is 17.0 Å². The molecule has 5 rings (SSSR count). The lowest BCUT2D eigenvalue weighted by Crippen LogP contribution is -2.37. The number of hydrogen-bond acceptors (Lipinski definition) is 6. The van der Waals surface area contributed by atoms with Gasteiger partial charge < -0.3 is 14.4 Å². The summed E-state index contributed by atoms with van der Waals surface area (Å²) in [5.74, 6) is 1.02. The zero-order valence-corrected chi connectivity index (χ0v) is 16.3. The molecule has 0 unspecified atom stereocenters. The molecule has 2 fully saturated rings. The maximum absolute atomic E-state index is 12.6. The van der Waals surface area contributed by atoms with Crippen molar-refractivity contribution in [1.82, 2.24) is 0 Å². The molecule has 144 valence electrons. The maximum Gasteiger partial charge on any atom is 0.279 e. The second-order valence-electron chi connectivity index (χ2n) is 6.77. The summed E-state index contributed by atoms with van der Waals surface area (Å²) in [5, 5.41) is 0.357. The van der Waals surface area contributed by atoms with Gasteiger partial charge in [-0.1, -0.05) is 30.0 Å². The number of hydrogen-bond donors (Lipinski definition) is 0. The molecule has 2 aromatic rings. The van der Waals surface area contributed by atoms with Crippen LogP contribution in [0.15, 0.2) is 53.5 Å². The third-order valence-corrected chi connectivity index (χ3v) is 8.13. The van der Waals surface area contributed by atoms with E-state index in [9.17, 15) is 13.2 Å². The number of sulfone groups is 1. The molecule has 0 spiro atoms. The number of ether oxygens (including phenoxy) is 2. The number of amides is 1. The fraction of sp³-hybridized carbons (Fsp3) is 0.263. The normalized spacial score (nSPS) is 25.9. The fourth-order valence-electron chi connectivity index (χ4n) is 3.63. The standard InChI is InChI=1S/C19H16N2O5S2/c22-18(12-4-2-1-3-5-12)20-19-21(14-9-28(23,24)10-17(14)27-19)13-6-7-15-16(8-13)26-11-25-15/h1-8,14,17H,9-11H2/t14-,17+/m0/s1. The van der Waals surface area contributed by atoms with Crippen LogP contribution >= 0.6 is 11.8 Å². The molecular formula is C19H16N2O5S2. The lowest BCUT2D eigenvalue weighted by atomic mass is 10.2. The highest BCUT2D eigenvalue weighted by Gasteiger charge is 2.49. The Balaban J connectivity index is 1.55. The molecule has 0 aliphatic carbocycles. The first kappa shape index (κ1) is 17.6. The number of carbonyl (C=O) groups is 1. The van der Waals surface area contributed by atoms with E-state index in [0.717, 1.165) is 5.69 Å². The Bertz CT molecular complexity index is 1080. The lowest BCUT2D eigenvalue weighted by Gasteiger charge is -2.24. The van der Waals surface area contributed by atoms with Crippen molar-refractivity contribution in [3.63, 3.8) is 0 Å². The minimum Gasteiger partial charge on any atom is -0.454 e. The summed E-state index contributed by atoms with van der Waals surface area (Å²) in [7, 11) is -3.12. The second kappa shape index (κ2) is 6.52. The first-order valence-corrected chi connectivity index (χ1v) is 11.4. The Labute approximate surface area is 166 Å². The van der Waals surface area contributed by atoms with Crippen LogP contribution in [0.4, 0.5) is 5.69 Å². The number of nitrogens with zero attached hydrogens (tertiary/aromatic N) is 2. The number of thioether (sulfide) groups is 1. The van der Waals surface area contributed by atoms with Gasteiger partial charge in [0, 0.05) is 22.6 Å². The summed E-state index contributed by atoms with van der Waals surface area (Å²) in [6, 6.07) is 14.0. The molecule has 3 aliphatic heterocycles. The Morgan fingerprint density at radius 3 is 2.68 bits per heavy atom. The molecule has 3 aliphatic rings. The van der Waals surface area contributed by atoms with Crippen LogP contribution in [0.1, 0.15) is 10.4 Å². The van der Waals surface area contributed by atoms with E-state index in [1.54, 1.807) is 36.4 Å². The van der Waals surface area contributed by atoms with E-state index >= 15 is 0 Å². The summed E-state index contributed by atoms with van der Waals surface area (Å²) < 4.78 is 35.1. The third-order valence-electron chi connectivity index (χ3n) is 4.92. The number of fused-ring (bicyclic) bond motifs is 2. The largest absolute Gasteiger partial charge is 0.454 e. The molecule has 2 aromatic carbocycles. The average Bonchev–Trinajstić information content (AvgIpc) is 3.33. The summed E-state index contributed by atoms with van der Waals surface area (Å²) in [6.07, 6.45) is 0. The molecule has 0 aromatic heterocycles. The van der Waals surface area contributed by atoms with Crippen molar-refractivity contribution in [1.29, 1.82) is 0 Å². The van der Waals surface area contributed by atoms with E-state index in [0.29, 0.717) is 22.2 Å². The molecule has 1 amide bonds. The SMILES string of the molecule is O=C(N=C1S[C@@H]2CS(=O)(=O)C[C@@H]2N1c1ccc2c(c1)OCO2)c1ccccc1. The van der Waals surface area contributed by atoms with Crippen LogP contribution in [-0.2, 0) is 9.84 Å². The van der Waals surface area contributed by atoms with Crippen LogP contribution in [0, 0.1) is 0 Å². The molecule has 3 heterocycles. The highest BCUT2D eigenvalue weighted by atomic mass is 32.2. The fourth-order valence-corrected chi connectivity index (χ4v) is 7.55. The molecule has 9 heteroatoms. The number of aliphatic imine (C=N–C) groups is 1. The second-order valence-corrected chi connectivity index (χ2v) is 10.1. The minimum atomic E-state index is -3.12. The van der Waals surface area contributed by atoms with Crippen LogP contribution < -0.4 is 14.4 Å². The Morgan fingerprint density at radius 2 is 1.86 bits per heavy atom. The first-order valence-electron chi connectivity index (χ1n) is 8.74. The topological polar surface area (TPSA) is 85.3 Å². The monoisotopic (exact) mass is 416 g/mol. The highest BCUT2D eigenvalue weighted by molar-refractivity contribution is 8.16. The van der Waals surface area contributed by atoms with E-state index in [2.05, 4.69) is 4.99 Å². The minimum absolute atomic E-state index is 0.0393. The van der Waals surface area contributed by atoms with E-state index < -0.39 is 9.84 Å². The van der Waals surface area contributed by atoms with Gasteiger partial charge in [-0.2, -0.15) is 4.99 Å². The van der Waals surface area contributed by atoms with Crippen molar-refractivity contribution in [3.05, 3.63) is 54.1 Å². The van der Waals surface area contributed by atoms with E-state index in [4.69, 9.17) is 9.47 Å². The molecule has 28 heavy (non-hydrogen) atoms. The van der Waals surface area contributed by atoms with Crippen molar-refractivity contribution in [2.75, 3.05) is 23.2 Å². The molecule has 7 nitrogen and oxygen atoms in total. The van der Waals surface area contributed by atoms with Crippen LogP contribution in [0.2, 0.25) is 0 Å². The van der Waals surface area contributed by atoms with Crippen molar-refractivity contribution in [2.24, 2.45) is 4.99 Å². The van der Waals surface area contributed by atoms with Crippen LogP contribution in [0.3, 0.4) is 0 Å². The number of benzene rings is 2. The van der Waals surface area contributed by atoms with Gasteiger partial charge in [-0.25, -0.2) is 8.42 Å². The predicted octanol–water partition coefficient (Wildman–Crippen LogP) is 2.33. The number of anilines is 1. The molecule has 0 N–H and O–H groups in total. The number of rotatable bonds is 2. The maximum atomic E-state index is 12.6. The number of amidine groups is 1. The van der Waals surface area contributed by atoms with Gasteiger partial charge in [0.25, 0.3) is 5.91 Å². The highest BCUT2D eigenvalue weighted by Crippen LogP contribution is 2.44. The summed E-state index contributed by atoms with van der Waals surface area (Å²) in [6.45, 7) is 0.154. The van der Waals surface area contributed by atoms with E-state index in [1.165, 1.54) is 11.8 Å². The Hall–Kier alpha value is -2.52. The van der Waals surface area contributed by atoms with Crippen LogP contribution in [0.25, 0.3) is 0 Å². The van der Waals surface area contributed by atoms with Gasteiger partial charge in [0.15, 0.2) is 26.5 Å². The third kappa shape index (κ3) is 3.04. The van der Waals surface area contributed by atoms with Gasteiger partial charge in [0.1, 0.15) is 0 Å². The smallest absolute Gasteiger partial charge is 0.279 e. The summed E-state index contributed by atoms with van der Waals surface area (Å²) in [4.78, 5) is 18.8. The molecule has 0 radical (unpaired) electrons.